The molecule has 2 bridgehead atoms. The molecule has 68 valence electrons. The molecule has 2 heterocycles. The standard InChI is InChI=1S/C7H8F2O3/c8-7(9)4-2-1-3(12-4)5(7)6(10)11/h3-5H,1-2H2,(H,10,11)/t3-,4+,5-/m0/s1. The molecule has 5 heteroatoms. The molecule has 0 aliphatic carbocycles. The summed E-state index contributed by atoms with van der Waals surface area (Å²) in [7, 11) is 0. The highest BCUT2D eigenvalue weighted by Crippen LogP contribution is 2.49. The Hall–Kier alpha value is -0.710. The summed E-state index contributed by atoms with van der Waals surface area (Å²) in [6.45, 7) is 0. The highest BCUT2D eigenvalue weighted by atomic mass is 19.3. The van der Waals surface area contributed by atoms with E-state index in [0.717, 1.165) is 0 Å². The third-order valence-electron chi connectivity index (χ3n) is 2.53. The largest absolute Gasteiger partial charge is 0.481 e. The van der Waals surface area contributed by atoms with Gasteiger partial charge < -0.3 is 9.84 Å². The van der Waals surface area contributed by atoms with Gasteiger partial charge in [0, 0.05) is 0 Å². The first-order valence-corrected chi connectivity index (χ1v) is 3.79. The van der Waals surface area contributed by atoms with E-state index in [9.17, 15) is 13.6 Å². The van der Waals surface area contributed by atoms with Crippen LogP contribution in [0.4, 0.5) is 8.78 Å². The second kappa shape index (κ2) is 2.16. The predicted molar refractivity (Wildman–Crippen MR) is 34.0 cm³/mol. The number of fused-ring (bicyclic) bond motifs is 2. The maximum atomic E-state index is 13.0. The third kappa shape index (κ3) is 0.798. The van der Waals surface area contributed by atoms with E-state index in [1.54, 1.807) is 0 Å². The predicted octanol–water partition coefficient (Wildman–Crippen LogP) is 0.884. The summed E-state index contributed by atoms with van der Waals surface area (Å²) in [5.41, 5.74) is 0. The zero-order valence-electron chi connectivity index (χ0n) is 6.17. The van der Waals surface area contributed by atoms with Crippen LogP contribution in [0.15, 0.2) is 0 Å². The Morgan fingerprint density at radius 1 is 1.50 bits per heavy atom. The smallest absolute Gasteiger partial charge is 0.315 e. The number of aliphatic carboxylic acids is 1. The number of halogens is 2. The second-order valence-electron chi connectivity index (χ2n) is 3.23. The van der Waals surface area contributed by atoms with Crippen molar-refractivity contribution in [3.05, 3.63) is 0 Å². The highest BCUT2D eigenvalue weighted by Gasteiger charge is 2.65. The summed E-state index contributed by atoms with van der Waals surface area (Å²) in [6, 6.07) is 0. The van der Waals surface area contributed by atoms with Crippen LogP contribution in [0.2, 0.25) is 0 Å². The van der Waals surface area contributed by atoms with E-state index in [1.165, 1.54) is 0 Å². The van der Waals surface area contributed by atoms with Gasteiger partial charge in [-0.2, -0.15) is 0 Å². The molecule has 3 nitrogen and oxygen atoms in total. The Morgan fingerprint density at radius 3 is 2.50 bits per heavy atom. The monoisotopic (exact) mass is 178 g/mol. The van der Waals surface area contributed by atoms with Gasteiger partial charge in [-0.25, -0.2) is 8.78 Å². The van der Waals surface area contributed by atoms with Gasteiger partial charge in [0.1, 0.15) is 12.0 Å². The summed E-state index contributed by atoms with van der Waals surface area (Å²) in [5.74, 6) is -6.25. The number of ether oxygens (including phenoxy) is 1. The van der Waals surface area contributed by atoms with Crippen molar-refractivity contribution in [2.45, 2.75) is 31.0 Å². The first-order chi connectivity index (χ1) is 5.53. The van der Waals surface area contributed by atoms with Crippen LogP contribution in [0.25, 0.3) is 0 Å². The fourth-order valence-electron chi connectivity index (χ4n) is 1.96. The minimum Gasteiger partial charge on any atom is -0.481 e. The van der Waals surface area contributed by atoms with Crippen molar-refractivity contribution in [3.8, 4) is 0 Å². The van der Waals surface area contributed by atoms with Crippen LogP contribution in [-0.4, -0.2) is 29.2 Å². The molecule has 2 saturated heterocycles. The zero-order chi connectivity index (χ0) is 8.93. The van der Waals surface area contributed by atoms with Crippen molar-refractivity contribution >= 4 is 5.97 Å². The lowest BCUT2D eigenvalue weighted by molar-refractivity contribution is -0.157. The number of carboxylic acids is 1. The van der Waals surface area contributed by atoms with Crippen LogP contribution >= 0.6 is 0 Å². The van der Waals surface area contributed by atoms with E-state index < -0.39 is 30.0 Å². The van der Waals surface area contributed by atoms with Crippen molar-refractivity contribution in [2.24, 2.45) is 5.92 Å². The fraction of sp³-hybridized carbons (Fsp3) is 0.857. The van der Waals surface area contributed by atoms with Gasteiger partial charge in [-0.3, -0.25) is 4.79 Å². The number of alkyl halides is 2. The Balaban J connectivity index is 2.29. The summed E-state index contributed by atoms with van der Waals surface area (Å²) in [6.07, 6.45) is -1.22. The van der Waals surface area contributed by atoms with Crippen LogP contribution < -0.4 is 0 Å². The lowest BCUT2D eigenvalue weighted by Gasteiger charge is -2.23. The van der Waals surface area contributed by atoms with Gasteiger partial charge in [-0.15, -0.1) is 0 Å². The van der Waals surface area contributed by atoms with Gasteiger partial charge >= 0.3 is 5.97 Å². The molecule has 0 saturated carbocycles. The van der Waals surface area contributed by atoms with Crippen LogP contribution in [0.3, 0.4) is 0 Å². The van der Waals surface area contributed by atoms with Crippen LogP contribution in [-0.2, 0) is 9.53 Å². The third-order valence-corrected chi connectivity index (χ3v) is 2.53. The summed E-state index contributed by atoms with van der Waals surface area (Å²) in [4.78, 5) is 10.4. The normalized spacial score (nSPS) is 43.3. The van der Waals surface area contributed by atoms with E-state index in [2.05, 4.69) is 0 Å². The molecule has 12 heavy (non-hydrogen) atoms. The summed E-state index contributed by atoms with van der Waals surface area (Å²) in [5, 5.41) is 8.51. The van der Waals surface area contributed by atoms with Gasteiger partial charge in [-0.05, 0) is 12.8 Å². The zero-order valence-corrected chi connectivity index (χ0v) is 6.17. The van der Waals surface area contributed by atoms with Crippen LogP contribution in [0.1, 0.15) is 12.8 Å². The molecule has 2 aliphatic heterocycles. The van der Waals surface area contributed by atoms with Crippen molar-refractivity contribution in [2.75, 3.05) is 0 Å². The topological polar surface area (TPSA) is 46.5 Å². The Morgan fingerprint density at radius 2 is 2.17 bits per heavy atom. The fourth-order valence-corrected chi connectivity index (χ4v) is 1.96. The van der Waals surface area contributed by atoms with Gasteiger partial charge in [0.2, 0.25) is 0 Å². The number of rotatable bonds is 1. The van der Waals surface area contributed by atoms with Crippen LogP contribution in [0, 0.1) is 5.92 Å². The van der Waals surface area contributed by atoms with Crippen molar-refractivity contribution in [1.82, 2.24) is 0 Å². The lowest BCUT2D eigenvalue weighted by atomic mass is 9.86. The van der Waals surface area contributed by atoms with Crippen molar-refractivity contribution in [3.63, 3.8) is 0 Å². The number of carboxylic acid groups (broad SMARTS) is 1. The molecular weight excluding hydrogens is 170 g/mol. The van der Waals surface area contributed by atoms with E-state index >= 15 is 0 Å². The van der Waals surface area contributed by atoms with Crippen molar-refractivity contribution < 1.29 is 23.4 Å². The van der Waals surface area contributed by atoms with Gasteiger partial charge in [-0.1, -0.05) is 0 Å². The number of hydrogen-bond acceptors (Lipinski definition) is 2. The molecule has 0 radical (unpaired) electrons. The Bertz CT molecular complexity index is 229. The Kier molecular flexibility index (Phi) is 1.42. The maximum Gasteiger partial charge on any atom is 0.315 e. The molecule has 0 unspecified atom stereocenters. The Labute approximate surface area is 67.3 Å². The molecule has 0 amide bonds. The molecular formula is C7H8F2O3. The molecule has 0 aromatic heterocycles. The molecule has 0 aromatic carbocycles. The average Bonchev–Trinajstić information content (AvgIpc) is 2.41. The SMILES string of the molecule is O=C(O)[C@@H]1[C@@H]2CC[C@@H](O2)C1(F)F. The second-order valence-corrected chi connectivity index (χ2v) is 3.23. The molecule has 3 atom stereocenters. The van der Waals surface area contributed by atoms with Crippen molar-refractivity contribution in [1.29, 1.82) is 0 Å². The maximum absolute atomic E-state index is 13.0. The highest BCUT2D eigenvalue weighted by molar-refractivity contribution is 5.73. The van der Waals surface area contributed by atoms with Gasteiger partial charge in [0.15, 0.2) is 0 Å². The first kappa shape index (κ1) is 7.91. The summed E-state index contributed by atoms with van der Waals surface area (Å²) < 4.78 is 30.9. The van der Waals surface area contributed by atoms with E-state index in [4.69, 9.17) is 9.84 Å². The molecule has 1 N–H and O–H groups in total. The minimum atomic E-state index is -3.17. The molecule has 2 fully saturated rings. The summed E-state index contributed by atoms with van der Waals surface area (Å²) >= 11 is 0. The number of carbonyl (C=O) groups is 1. The average molecular weight is 178 g/mol. The quantitative estimate of drug-likeness (QED) is 0.648. The van der Waals surface area contributed by atoms with Crippen LogP contribution in [0.5, 0.6) is 0 Å². The minimum absolute atomic E-state index is 0.279. The van der Waals surface area contributed by atoms with E-state index in [1.807, 2.05) is 0 Å². The molecule has 2 aliphatic rings. The van der Waals surface area contributed by atoms with E-state index in [0.29, 0.717) is 6.42 Å². The lowest BCUT2D eigenvalue weighted by Crippen LogP contribution is -2.43. The first-order valence-electron chi connectivity index (χ1n) is 3.79. The van der Waals surface area contributed by atoms with Gasteiger partial charge in [0.25, 0.3) is 5.92 Å². The van der Waals surface area contributed by atoms with E-state index in [-0.39, 0.29) is 6.42 Å². The molecule has 0 aromatic rings. The molecule has 2 rings (SSSR count). The van der Waals surface area contributed by atoms with Gasteiger partial charge in [0.05, 0.1) is 6.10 Å². The number of hydrogen-bond donors (Lipinski definition) is 1. The molecule has 0 spiro atoms.